The lowest BCUT2D eigenvalue weighted by atomic mass is 9.90. The topological polar surface area (TPSA) is 134 Å². The summed E-state index contributed by atoms with van der Waals surface area (Å²) in [6.45, 7) is 8.83. The second-order valence-electron chi connectivity index (χ2n) is 14.8. The Morgan fingerprint density at radius 3 is 2.13 bits per heavy atom. The number of aromatic nitrogens is 2. The highest BCUT2D eigenvalue weighted by Gasteiger charge is 2.27. The first-order valence-electron chi connectivity index (χ1n) is 17.5. The van der Waals surface area contributed by atoms with Gasteiger partial charge in [0, 0.05) is 55.3 Å². The van der Waals surface area contributed by atoms with Gasteiger partial charge in [0.15, 0.2) is 9.84 Å². The molecule has 0 bridgehead atoms. The molecule has 0 spiro atoms. The Kier molecular flexibility index (Phi) is 10.4. The van der Waals surface area contributed by atoms with Crippen molar-refractivity contribution in [2.45, 2.75) is 68.8 Å². The number of carbonyl (C=O) groups excluding carboxylic acids is 1. The van der Waals surface area contributed by atoms with E-state index >= 15 is 0 Å². The van der Waals surface area contributed by atoms with Gasteiger partial charge in [-0.2, -0.15) is 0 Å². The monoisotopic (exact) mass is 759 g/mol. The highest BCUT2D eigenvalue weighted by Crippen LogP contribution is 2.39. The number of carbonyl (C=O) groups is 1. The molecule has 1 aliphatic rings. The Labute approximate surface area is 310 Å². The molecule has 2 aromatic heterocycles. The third kappa shape index (κ3) is 8.36. The van der Waals surface area contributed by atoms with E-state index in [1.165, 1.54) is 42.1 Å². The predicted molar refractivity (Wildman–Crippen MR) is 205 cm³/mol. The van der Waals surface area contributed by atoms with Crippen LogP contribution in [0.3, 0.4) is 0 Å². The molecule has 1 amide bonds. The molecule has 3 aromatic carbocycles. The molecule has 0 N–H and O–H groups in total. The minimum absolute atomic E-state index is 0.0307. The molecule has 13 heteroatoms. The van der Waals surface area contributed by atoms with Gasteiger partial charge < -0.3 is 18.9 Å². The second kappa shape index (κ2) is 14.5. The van der Waals surface area contributed by atoms with Crippen molar-refractivity contribution >= 4 is 36.9 Å². The number of hydrogen-bond acceptors (Lipinski definition) is 8. The predicted octanol–water partition coefficient (Wildman–Crippen LogP) is 7.33. The lowest BCUT2D eigenvalue weighted by Crippen LogP contribution is -2.41. The Bertz CT molecular complexity index is 2430. The molecule has 6 rings (SSSR count). The molecule has 280 valence electrons. The molecular weight excluding hydrogens is 715 g/mol. The quantitative estimate of drug-likeness (QED) is 0.153. The van der Waals surface area contributed by atoms with Crippen molar-refractivity contribution < 1.29 is 31.1 Å². The van der Waals surface area contributed by atoms with Gasteiger partial charge in [0.1, 0.15) is 22.6 Å². The Balaban J connectivity index is 1.26. The van der Waals surface area contributed by atoms with Gasteiger partial charge >= 0.3 is 6.09 Å². The Hall–Kier alpha value is -4.88. The molecule has 5 aromatic rings. The second-order valence-corrected chi connectivity index (χ2v) is 18.6. The minimum Gasteiger partial charge on any atom is -0.457 e. The zero-order chi connectivity index (χ0) is 38.3. The normalized spacial score (nSPS) is 14.4. The van der Waals surface area contributed by atoms with Crippen molar-refractivity contribution in [3.05, 3.63) is 107 Å². The number of likely N-dealkylation sites (tertiary alicyclic amines) is 1. The largest absolute Gasteiger partial charge is 0.457 e. The third-order valence-corrected chi connectivity index (χ3v) is 12.3. The first-order valence-corrected chi connectivity index (χ1v) is 20.9. The molecule has 0 aliphatic carbocycles. The van der Waals surface area contributed by atoms with Crippen LogP contribution in [0.5, 0.6) is 11.5 Å². The van der Waals surface area contributed by atoms with E-state index < -0.39 is 31.0 Å². The molecule has 0 radical (unpaired) electrons. The standard InChI is InChI=1S/C40H45N3O8S2/c1-27-7-15-31(16-8-27)53(48,49)43-24-21-33-35(26-41(5)38(44)37(33)43)34-25-32(52(6,46)47)17-18-36(34)50-30-13-11-28(12-14-30)9-10-29-19-22-42(23-20-29)39(45)51-40(2,3)4/h7-8,11-18,21,24-26,29H,9-10,19-20,22-23H2,1-6H3. The first-order chi connectivity index (χ1) is 24.9. The number of aryl methyl sites for hydroxylation is 3. The van der Waals surface area contributed by atoms with Gasteiger partial charge in [-0.1, -0.05) is 29.8 Å². The summed E-state index contributed by atoms with van der Waals surface area (Å²) in [5, 5.41) is 0.326. The summed E-state index contributed by atoms with van der Waals surface area (Å²) in [7, 11) is -6.26. The molecule has 11 nitrogen and oxygen atoms in total. The molecule has 1 saturated heterocycles. The first kappa shape index (κ1) is 37.9. The van der Waals surface area contributed by atoms with Crippen LogP contribution in [-0.4, -0.2) is 61.3 Å². The van der Waals surface area contributed by atoms with Gasteiger partial charge in [-0.3, -0.25) is 4.79 Å². The average Bonchev–Trinajstić information content (AvgIpc) is 3.56. The molecule has 1 fully saturated rings. The van der Waals surface area contributed by atoms with E-state index in [-0.39, 0.29) is 21.4 Å². The van der Waals surface area contributed by atoms with Crippen LogP contribution in [0.2, 0.25) is 0 Å². The average molecular weight is 760 g/mol. The summed E-state index contributed by atoms with van der Waals surface area (Å²) in [4.78, 5) is 27.8. The number of hydrogen-bond donors (Lipinski definition) is 0. The van der Waals surface area contributed by atoms with E-state index in [9.17, 15) is 26.4 Å². The number of rotatable bonds is 9. The van der Waals surface area contributed by atoms with Gasteiger partial charge in [-0.05, 0) is 113 Å². The molecule has 0 saturated carbocycles. The summed E-state index contributed by atoms with van der Waals surface area (Å²) >= 11 is 0. The van der Waals surface area contributed by atoms with Gasteiger partial charge in [-0.15, -0.1) is 0 Å². The van der Waals surface area contributed by atoms with Crippen LogP contribution in [0.25, 0.3) is 22.0 Å². The van der Waals surface area contributed by atoms with Crippen LogP contribution in [0.15, 0.2) is 99.8 Å². The molecule has 1 aliphatic heterocycles. The SMILES string of the molecule is Cc1ccc(S(=O)(=O)n2ccc3c(-c4cc(S(C)(=O)=O)ccc4Oc4ccc(CCC5CCN(C(=O)OC(C)(C)C)CC5)cc4)cn(C)c(=O)c32)cc1. The van der Waals surface area contributed by atoms with Crippen molar-refractivity contribution in [2.24, 2.45) is 13.0 Å². The minimum atomic E-state index is -4.14. The summed E-state index contributed by atoms with van der Waals surface area (Å²) in [5.74, 6) is 1.35. The van der Waals surface area contributed by atoms with E-state index in [0.717, 1.165) is 47.0 Å². The van der Waals surface area contributed by atoms with Crippen molar-refractivity contribution in [3.8, 4) is 22.6 Å². The van der Waals surface area contributed by atoms with Crippen molar-refractivity contribution in [2.75, 3.05) is 19.3 Å². The van der Waals surface area contributed by atoms with E-state index in [1.807, 2.05) is 52.0 Å². The number of fused-ring (bicyclic) bond motifs is 1. The number of nitrogens with zero attached hydrogens (tertiary/aromatic N) is 3. The zero-order valence-corrected chi connectivity index (χ0v) is 32.5. The molecule has 53 heavy (non-hydrogen) atoms. The van der Waals surface area contributed by atoms with Crippen molar-refractivity contribution in [1.82, 2.24) is 13.4 Å². The van der Waals surface area contributed by atoms with Crippen LogP contribution in [-0.2, 0) is 38.1 Å². The Morgan fingerprint density at radius 1 is 0.868 bits per heavy atom. The highest BCUT2D eigenvalue weighted by atomic mass is 32.2. The molecule has 3 heterocycles. The maximum Gasteiger partial charge on any atom is 0.410 e. The number of pyridine rings is 1. The summed E-state index contributed by atoms with van der Waals surface area (Å²) in [5.41, 5.74) is 1.71. The number of sulfone groups is 1. The van der Waals surface area contributed by atoms with Gasteiger partial charge in [0.25, 0.3) is 15.6 Å². The fraction of sp³-hybridized carbons (Fsp3) is 0.350. The van der Waals surface area contributed by atoms with Crippen LogP contribution in [0.1, 0.15) is 51.2 Å². The van der Waals surface area contributed by atoms with Crippen LogP contribution >= 0.6 is 0 Å². The maximum absolute atomic E-state index is 13.8. The van der Waals surface area contributed by atoms with Crippen LogP contribution < -0.4 is 10.3 Å². The lowest BCUT2D eigenvalue weighted by Gasteiger charge is -2.33. The fourth-order valence-electron chi connectivity index (χ4n) is 6.56. The molecule has 0 atom stereocenters. The number of ether oxygens (including phenoxy) is 2. The van der Waals surface area contributed by atoms with E-state index in [4.69, 9.17) is 9.47 Å². The van der Waals surface area contributed by atoms with E-state index in [2.05, 4.69) is 0 Å². The van der Waals surface area contributed by atoms with E-state index in [0.29, 0.717) is 47.0 Å². The lowest BCUT2D eigenvalue weighted by molar-refractivity contribution is 0.0181. The molecule has 0 unspecified atom stereocenters. The summed E-state index contributed by atoms with van der Waals surface area (Å²) < 4.78 is 67.1. The van der Waals surface area contributed by atoms with Gasteiger partial charge in [-0.25, -0.2) is 25.6 Å². The van der Waals surface area contributed by atoms with Crippen LogP contribution in [0, 0.1) is 12.8 Å². The van der Waals surface area contributed by atoms with Gasteiger partial charge in [0.05, 0.1) is 9.79 Å². The summed E-state index contributed by atoms with van der Waals surface area (Å²) in [6.07, 6.45) is 7.45. The molecular formula is C40H45N3O8S2. The Morgan fingerprint density at radius 2 is 1.51 bits per heavy atom. The maximum atomic E-state index is 13.8. The van der Waals surface area contributed by atoms with E-state index in [1.54, 1.807) is 35.4 Å². The zero-order valence-electron chi connectivity index (χ0n) is 30.8. The van der Waals surface area contributed by atoms with Crippen LogP contribution in [0.4, 0.5) is 4.79 Å². The highest BCUT2D eigenvalue weighted by molar-refractivity contribution is 7.90. The third-order valence-electron chi connectivity index (χ3n) is 9.49. The smallest absolute Gasteiger partial charge is 0.410 e. The summed E-state index contributed by atoms with van der Waals surface area (Å²) in [6, 6.07) is 20.1. The number of amides is 1. The number of benzene rings is 3. The van der Waals surface area contributed by atoms with Crippen molar-refractivity contribution in [1.29, 1.82) is 0 Å². The van der Waals surface area contributed by atoms with Crippen molar-refractivity contribution in [3.63, 3.8) is 0 Å². The van der Waals surface area contributed by atoms with Gasteiger partial charge in [0.2, 0.25) is 0 Å². The number of piperidine rings is 1. The fourth-order valence-corrected chi connectivity index (χ4v) is 8.55.